The lowest BCUT2D eigenvalue weighted by Gasteiger charge is -2.20. The molecule has 23 heavy (non-hydrogen) atoms. The number of esters is 1. The molecule has 1 aliphatic rings. The second-order valence-corrected chi connectivity index (χ2v) is 6.56. The van der Waals surface area contributed by atoms with Gasteiger partial charge in [-0.25, -0.2) is 4.99 Å². The summed E-state index contributed by atoms with van der Waals surface area (Å²) < 4.78 is 5.20. The average Bonchev–Trinajstić information content (AvgIpc) is 2.44. The number of hydrogen-bond donors (Lipinski definition) is 2. The van der Waals surface area contributed by atoms with Crippen molar-refractivity contribution in [3.63, 3.8) is 0 Å². The van der Waals surface area contributed by atoms with E-state index < -0.39 is 5.60 Å². The molecule has 1 aromatic rings. The van der Waals surface area contributed by atoms with E-state index in [-0.39, 0.29) is 42.5 Å². The average molecular weight is 431 g/mol. The van der Waals surface area contributed by atoms with Gasteiger partial charge in [0, 0.05) is 5.69 Å². The molecule has 0 saturated heterocycles. The summed E-state index contributed by atoms with van der Waals surface area (Å²) in [5, 5.41) is 3.11. The highest BCUT2D eigenvalue weighted by Crippen LogP contribution is 2.27. The molecule has 6 heteroatoms. The third kappa shape index (κ3) is 6.37. The Balaban J connectivity index is 0.00000264. The third-order valence-electron chi connectivity index (χ3n) is 3.46. The predicted molar refractivity (Wildman–Crippen MR) is 104 cm³/mol. The molecule has 1 aromatic carbocycles. The van der Waals surface area contributed by atoms with E-state index in [4.69, 9.17) is 10.5 Å². The van der Waals surface area contributed by atoms with Gasteiger partial charge in [0.2, 0.25) is 0 Å². The first-order valence-electron chi connectivity index (χ1n) is 7.75. The molecule has 0 atom stereocenters. The number of rotatable bonds is 3. The maximum absolute atomic E-state index is 11.6. The number of fused-ring (bicyclic) bond motifs is 1. The van der Waals surface area contributed by atoms with Crippen LogP contribution < -0.4 is 11.1 Å². The van der Waals surface area contributed by atoms with Crippen LogP contribution >= 0.6 is 24.0 Å². The summed E-state index contributed by atoms with van der Waals surface area (Å²) >= 11 is 0. The molecule has 0 amide bonds. The Morgan fingerprint density at radius 2 is 2.00 bits per heavy atom. The monoisotopic (exact) mass is 431 g/mol. The topological polar surface area (TPSA) is 76.7 Å². The molecule has 0 radical (unpaired) electrons. The summed E-state index contributed by atoms with van der Waals surface area (Å²) in [7, 11) is 0. The molecule has 0 saturated carbocycles. The normalized spacial score (nSPS) is 14.5. The zero-order chi connectivity index (χ0) is 16.2. The Morgan fingerprint density at radius 3 is 2.70 bits per heavy atom. The van der Waals surface area contributed by atoms with Gasteiger partial charge < -0.3 is 15.8 Å². The number of halogens is 1. The maximum Gasteiger partial charge on any atom is 0.328 e. The van der Waals surface area contributed by atoms with Gasteiger partial charge in [-0.15, -0.1) is 24.0 Å². The molecule has 3 N–H and O–H groups in total. The van der Waals surface area contributed by atoms with E-state index >= 15 is 0 Å². The van der Waals surface area contributed by atoms with Crippen molar-refractivity contribution in [2.45, 2.75) is 52.1 Å². The first-order chi connectivity index (χ1) is 10.3. The van der Waals surface area contributed by atoms with Gasteiger partial charge in [-0.3, -0.25) is 4.79 Å². The molecule has 128 valence electrons. The lowest BCUT2D eigenvalue weighted by atomic mass is 9.90. The quantitative estimate of drug-likeness (QED) is 0.334. The summed E-state index contributed by atoms with van der Waals surface area (Å²) in [5.41, 5.74) is 9.04. The summed E-state index contributed by atoms with van der Waals surface area (Å²) in [4.78, 5) is 15.7. The van der Waals surface area contributed by atoms with Gasteiger partial charge in [-0.05, 0) is 63.6 Å². The van der Waals surface area contributed by atoms with Gasteiger partial charge in [0.1, 0.15) is 12.1 Å². The largest absolute Gasteiger partial charge is 0.459 e. The molecular weight excluding hydrogens is 405 g/mol. The van der Waals surface area contributed by atoms with Gasteiger partial charge in [0.15, 0.2) is 5.96 Å². The molecule has 5 nitrogen and oxygen atoms in total. The van der Waals surface area contributed by atoms with Crippen LogP contribution in [-0.4, -0.2) is 24.1 Å². The fourth-order valence-electron chi connectivity index (χ4n) is 2.60. The number of ether oxygens (including phenoxy) is 1. The number of carbonyl (C=O) groups is 1. The van der Waals surface area contributed by atoms with E-state index in [0.29, 0.717) is 0 Å². The zero-order valence-corrected chi connectivity index (χ0v) is 16.3. The van der Waals surface area contributed by atoms with Gasteiger partial charge in [0.05, 0.1) is 0 Å². The minimum atomic E-state index is -0.507. The number of carbonyl (C=O) groups excluding carboxylic acids is 1. The van der Waals surface area contributed by atoms with Crippen molar-refractivity contribution >= 4 is 41.6 Å². The van der Waals surface area contributed by atoms with Gasteiger partial charge in [-0.2, -0.15) is 0 Å². The van der Waals surface area contributed by atoms with Gasteiger partial charge in [-0.1, -0.05) is 12.1 Å². The van der Waals surface area contributed by atoms with Crippen LogP contribution in [0.25, 0.3) is 0 Å². The molecule has 0 aliphatic heterocycles. The van der Waals surface area contributed by atoms with Gasteiger partial charge >= 0.3 is 5.97 Å². The van der Waals surface area contributed by atoms with Crippen LogP contribution in [0.3, 0.4) is 0 Å². The van der Waals surface area contributed by atoms with Crippen molar-refractivity contribution in [3.05, 3.63) is 29.3 Å². The Labute approximate surface area is 155 Å². The minimum Gasteiger partial charge on any atom is -0.459 e. The van der Waals surface area contributed by atoms with Crippen molar-refractivity contribution in [3.8, 4) is 0 Å². The second-order valence-electron chi connectivity index (χ2n) is 6.56. The summed E-state index contributed by atoms with van der Waals surface area (Å²) in [6, 6.07) is 6.18. The molecule has 0 heterocycles. The van der Waals surface area contributed by atoms with E-state index in [2.05, 4.69) is 16.4 Å². The summed E-state index contributed by atoms with van der Waals surface area (Å²) in [6.07, 6.45) is 4.59. The number of aliphatic imine (C=N–C) groups is 1. The lowest BCUT2D eigenvalue weighted by molar-refractivity contribution is -0.152. The highest BCUT2D eigenvalue weighted by atomic mass is 127. The first-order valence-corrected chi connectivity index (χ1v) is 7.75. The minimum absolute atomic E-state index is 0. The van der Waals surface area contributed by atoms with Crippen molar-refractivity contribution in [1.29, 1.82) is 0 Å². The predicted octanol–water partition coefficient (Wildman–Crippen LogP) is 3.25. The van der Waals surface area contributed by atoms with Crippen molar-refractivity contribution in [2.24, 2.45) is 10.7 Å². The van der Waals surface area contributed by atoms with E-state index in [9.17, 15) is 4.79 Å². The Kier molecular flexibility index (Phi) is 7.31. The molecule has 0 fully saturated rings. The van der Waals surface area contributed by atoms with E-state index in [1.54, 1.807) is 0 Å². The number of hydrogen-bond acceptors (Lipinski definition) is 3. The molecule has 0 unspecified atom stereocenters. The van der Waals surface area contributed by atoms with Crippen molar-refractivity contribution in [2.75, 3.05) is 11.9 Å². The highest BCUT2D eigenvalue weighted by Gasteiger charge is 2.16. The van der Waals surface area contributed by atoms with Crippen LogP contribution in [0.1, 0.15) is 44.7 Å². The standard InChI is InChI=1S/C17H25N3O2.HI/c1-17(2,3)22-15(21)11-19-16(18)20-14-10-6-8-12-7-4-5-9-13(12)14;/h6,8,10H,4-5,7,9,11H2,1-3H3,(H3,18,19,20);1H. The van der Waals surface area contributed by atoms with E-state index in [1.165, 1.54) is 24.0 Å². The fourth-order valence-corrected chi connectivity index (χ4v) is 2.60. The number of nitrogens with one attached hydrogen (secondary N) is 1. The smallest absolute Gasteiger partial charge is 0.328 e. The molecule has 1 aliphatic carbocycles. The maximum atomic E-state index is 11.6. The van der Waals surface area contributed by atoms with Gasteiger partial charge in [0.25, 0.3) is 0 Å². The van der Waals surface area contributed by atoms with E-state index in [1.807, 2.05) is 32.9 Å². The Bertz CT molecular complexity index is 580. The number of nitrogens with two attached hydrogens (primary N) is 1. The number of benzene rings is 1. The van der Waals surface area contributed by atoms with Crippen LogP contribution in [-0.2, 0) is 22.4 Å². The van der Waals surface area contributed by atoms with Crippen molar-refractivity contribution < 1.29 is 9.53 Å². The number of anilines is 1. The van der Waals surface area contributed by atoms with Crippen LogP contribution in [0.5, 0.6) is 0 Å². The molecule has 0 bridgehead atoms. The third-order valence-corrected chi connectivity index (χ3v) is 3.46. The van der Waals surface area contributed by atoms with Crippen LogP contribution in [0.2, 0.25) is 0 Å². The Hall–Kier alpha value is -1.31. The summed E-state index contributed by atoms with van der Waals surface area (Å²) in [6.45, 7) is 5.40. The van der Waals surface area contributed by atoms with Crippen LogP contribution in [0, 0.1) is 0 Å². The molecule has 2 rings (SSSR count). The van der Waals surface area contributed by atoms with Crippen LogP contribution in [0.4, 0.5) is 5.69 Å². The second kappa shape index (κ2) is 8.52. The molecule has 0 spiro atoms. The zero-order valence-electron chi connectivity index (χ0n) is 14.0. The fraction of sp³-hybridized carbons (Fsp3) is 0.529. The highest BCUT2D eigenvalue weighted by molar-refractivity contribution is 14.0. The van der Waals surface area contributed by atoms with Crippen molar-refractivity contribution in [1.82, 2.24) is 0 Å². The van der Waals surface area contributed by atoms with Crippen LogP contribution in [0.15, 0.2) is 23.2 Å². The molecule has 0 aromatic heterocycles. The Morgan fingerprint density at radius 1 is 1.30 bits per heavy atom. The number of aryl methyl sites for hydroxylation is 1. The van der Waals surface area contributed by atoms with E-state index in [0.717, 1.165) is 18.5 Å². The first kappa shape index (κ1) is 19.7. The summed E-state index contributed by atoms with van der Waals surface area (Å²) in [5.74, 6) is -0.142. The SMILES string of the molecule is CC(C)(C)OC(=O)CN=C(N)Nc1cccc2c1CCCC2.I. The number of guanidine groups is 1. The number of nitrogens with zero attached hydrogens (tertiary/aromatic N) is 1. The lowest BCUT2D eigenvalue weighted by Crippen LogP contribution is -2.28. The molecular formula is C17H26IN3O2.